The molecule has 99 heavy (non-hydrogen) atoms. The Morgan fingerprint density at radius 3 is 0.717 bits per heavy atom. The maximum atomic E-state index is 13.1. The highest BCUT2D eigenvalue weighted by molar-refractivity contribution is 7.47. The Morgan fingerprint density at radius 2 is 0.485 bits per heavy atom. The van der Waals surface area contributed by atoms with Gasteiger partial charge in [-0.05, 0) is 49.4 Å². The molecule has 0 bridgehead atoms. The second-order valence-electron chi connectivity index (χ2n) is 30.2. The quantitative estimate of drug-likeness (QED) is 0.0222. The van der Waals surface area contributed by atoms with Crippen LogP contribution >= 0.6 is 15.6 Å². The number of carbonyl (C=O) groups is 4. The van der Waals surface area contributed by atoms with E-state index in [0.29, 0.717) is 31.6 Å². The third-order valence-corrected chi connectivity index (χ3v) is 21.2. The molecule has 588 valence electrons. The topological polar surface area (TPSA) is 237 Å². The van der Waals surface area contributed by atoms with Crippen LogP contribution in [0.4, 0.5) is 0 Å². The zero-order valence-corrected chi connectivity index (χ0v) is 66.9. The summed E-state index contributed by atoms with van der Waals surface area (Å²) in [5, 5.41) is 10.6. The van der Waals surface area contributed by atoms with Crippen molar-refractivity contribution >= 4 is 39.5 Å². The van der Waals surface area contributed by atoms with Crippen molar-refractivity contribution in [2.24, 2.45) is 23.7 Å². The van der Waals surface area contributed by atoms with Gasteiger partial charge in [0.05, 0.1) is 26.4 Å². The van der Waals surface area contributed by atoms with E-state index < -0.39 is 97.5 Å². The number of ether oxygens (including phenoxy) is 4. The maximum Gasteiger partial charge on any atom is 0.472 e. The second-order valence-corrected chi connectivity index (χ2v) is 33.1. The van der Waals surface area contributed by atoms with Gasteiger partial charge in [-0.3, -0.25) is 37.3 Å². The first-order chi connectivity index (χ1) is 47.7. The Balaban J connectivity index is 5.20. The van der Waals surface area contributed by atoms with E-state index >= 15 is 0 Å². The molecule has 0 spiro atoms. The molecular formula is C80H156O17P2. The summed E-state index contributed by atoms with van der Waals surface area (Å²) in [5.74, 6) is 0.991. The van der Waals surface area contributed by atoms with E-state index in [1.807, 2.05) is 0 Å². The molecule has 0 radical (unpaired) electrons. The normalized spacial score (nSPS) is 14.6. The molecule has 0 heterocycles. The van der Waals surface area contributed by atoms with Gasteiger partial charge in [-0.15, -0.1) is 0 Å². The monoisotopic (exact) mass is 1450 g/mol. The smallest absolute Gasteiger partial charge is 0.462 e. The molecule has 4 unspecified atom stereocenters. The van der Waals surface area contributed by atoms with Crippen LogP contribution in [0.25, 0.3) is 0 Å². The van der Waals surface area contributed by atoms with Crippen LogP contribution in [0.5, 0.6) is 0 Å². The fourth-order valence-corrected chi connectivity index (χ4v) is 13.8. The van der Waals surface area contributed by atoms with Crippen molar-refractivity contribution in [2.45, 2.75) is 427 Å². The predicted octanol–water partition coefficient (Wildman–Crippen LogP) is 23.6. The zero-order valence-electron chi connectivity index (χ0n) is 65.1. The Kier molecular flexibility index (Phi) is 67.8. The van der Waals surface area contributed by atoms with E-state index in [-0.39, 0.29) is 25.7 Å². The average Bonchev–Trinajstić information content (AvgIpc) is 1.35. The number of aliphatic hydroxyl groups excluding tert-OH is 1. The molecule has 0 rings (SSSR count). The number of carbonyl (C=O) groups excluding carboxylic acids is 4. The first-order valence-electron chi connectivity index (χ1n) is 41.3. The average molecular weight is 1450 g/mol. The van der Waals surface area contributed by atoms with E-state index in [2.05, 4.69) is 55.4 Å². The molecule has 0 saturated heterocycles. The third kappa shape index (κ3) is 71.5. The van der Waals surface area contributed by atoms with Gasteiger partial charge in [0.2, 0.25) is 0 Å². The Hall–Kier alpha value is -1.94. The number of rotatable bonds is 77. The molecule has 0 amide bonds. The number of hydrogen-bond acceptors (Lipinski definition) is 15. The summed E-state index contributed by atoms with van der Waals surface area (Å²) in [5.41, 5.74) is 0. The van der Waals surface area contributed by atoms with Crippen LogP contribution in [0.1, 0.15) is 409 Å². The predicted molar refractivity (Wildman–Crippen MR) is 404 cm³/mol. The van der Waals surface area contributed by atoms with Crippen molar-refractivity contribution in [3.05, 3.63) is 0 Å². The van der Waals surface area contributed by atoms with Gasteiger partial charge in [0.15, 0.2) is 12.2 Å². The lowest BCUT2D eigenvalue weighted by atomic mass is 9.99. The SMILES string of the molecule is CCC(C)CCCCCCCCCCCCCCCCCCCCC(=O)O[C@H](COC(=O)CCCCCCCCCCCCCCCC(C)C)COP(=O)(O)OC[C@@H](O)COP(=O)(O)OC[C@@H](COC(=O)CCCCCCCCC(C)C)OC(=O)CCCCCCCCCCC(C)CC. The minimum absolute atomic E-state index is 0.104. The summed E-state index contributed by atoms with van der Waals surface area (Å²) in [6, 6.07) is 0. The maximum absolute atomic E-state index is 13.1. The largest absolute Gasteiger partial charge is 0.472 e. The van der Waals surface area contributed by atoms with Crippen LogP contribution < -0.4 is 0 Å². The van der Waals surface area contributed by atoms with Gasteiger partial charge in [-0.1, -0.05) is 357 Å². The minimum atomic E-state index is -4.96. The van der Waals surface area contributed by atoms with Gasteiger partial charge in [0.1, 0.15) is 19.3 Å². The molecule has 7 atom stereocenters. The number of esters is 4. The van der Waals surface area contributed by atoms with Crippen LogP contribution in [-0.2, 0) is 65.4 Å². The first kappa shape index (κ1) is 97.1. The molecule has 0 aliphatic heterocycles. The molecule has 0 aliphatic rings. The number of hydrogen-bond donors (Lipinski definition) is 3. The van der Waals surface area contributed by atoms with E-state index in [1.165, 1.54) is 205 Å². The minimum Gasteiger partial charge on any atom is -0.462 e. The van der Waals surface area contributed by atoms with Crippen molar-refractivity contribution in [2.75, 3.05) is 39.6 Å². The molecule has 19 heteroatoms. The van der Waals surface area contributed by atoms with Crippen molar-refractivity contribution in [1.29, 1.82) is 0 Å². The van der Waals surface area contributed by atoms with Gasteiger partial charge in [0, 0.05) is 25.7 Å². The van der Waals surface area contributed by atoms with E-state index in [0.717, 1.165) is 114 Å². The number of phosphoric ester groups is 2. The summed E-state index contributed by atoms with van der Waals surface area (Å²) in [4.78, 5) is 72.9. The summed E-state index contributed by atoms with van der Waals surface area (Å²) < 4.78 is 68.6. The molecule has 0 saturated carbocycles. The van der Waals surface area contributed by atoms with Crippen molar-refractivity contribution in [1.82, 2.24) is 0 Å². The summed E-state index contributed by atoms with van der Waals surface area (Å²) in [6.45, 7) is 14.2. The lowest BCUT2D eigenvalue weighted by Crippen LogP contribution is -2.30. The molecular weight excluding hydrogens is 1290 g/mol. The molecule has 3 N–H and O–H groups in total. The Bertz CT molecular complexity index is 1940. The van der Waals surface area contributed by atoms with E-state index in [9.17, 15) is 43.2 Å². The highest BCUT2D eigenvalue weighted by atomic mass is 31.2. The van der Waals surface area contributed by atoms with Gasteiger partial charge in [-0.2, -0.15) is 0 Å². The molecule has 0 aromatic rings. The number of phosphoric acid groups is 2. The third-order valence-electron chi connectivity index (χ3n) is 19.3. The highest BCUT2D eigenvalue weighted by Crippen LogP contribution is 2.45. The lowest BCUT2D eigenvalue weighted by molar-refractivity contribution is -0.161. The summed E-state index contributed by atoms with van der Waals surface area (Å²) in [6.07, 6.45) is 55.7. The fourth-order valence-electron chi connectivity index (χ4n) is 12.2. The standard InChI is InChI=1S/C80H156O17P2/c1-9-72(7)58-50-42-33-27-23-19-15-13-11-12-14-16-20-25-29-36-46-54-62-79(84)96-75(66-90-77(82)60-52-44-35-28-24-21-17-18-22-26-32-40-48-56-70(3)4)68-94-98(86,87)92-64-74(81)65-93-99(88,89)95-69-76(67-91-78(83)61-53-45-39-38-41-49-57-71(5)6)97-80(85)63-55-47-37-31-30-34-43-51-59-73(8)10-2/h70-76,81H,9-69H2,1-8H3,(H,86,87)(H,88,89)/t72?,73?,74-,75-,76-/m1/s1. The van der Waals surface area contributed by atoms with E-state index in [4.69, 9.17) is 37.0 Å². The van der Waals surface area contributed by atoms with Crippen molar-refractivity contribution in [3.8, 4) is 0 Å². The van der Waals surface area contributed by atoms with Crippen LogP contribution in [0.2, 0.25) is 0 Å². The first-order valence-corrected chi connectivity index (χ1v) is 44.3. The van der Waals surface area contributed by atoms with Gasteiger partial charge < -0.3 is 33.8 Å². The van der Waals surface area contributed by atoms with Crippen LogP contribution in [-0.4, -0.2) is 96.7 Å². The van der Waals surface area contributed by atoms with Crippen LogP contribution in [0, 0.1) is 23.7 Å². The Labute approximate surface area is 607 Å². The van der Waals surface area contributed by atoms with E-state index in [1.54, 1.807) is 0 Å². The van der Waals surface area contributed by atoms with Gasteiger partial charge >= 0.3 is 39.5 Å². The van der Waals surface area contributed by atoms with Crippen molar-refractivity contribution < 1.29 is 80.2 Å². The second kappa shape index (κ2) is 69.1. The molecule has 0 aromatic heterocycles. The fraction of sp³-hybridized carbons (Fsp3) is 0.950. The summed E-state index contributed by atoms with van der Waals surface area (Å²) in [7, 11) is -9.92. The highest BCUT2D eigenvalue weighted by Gasteiger charge is 2.30. The number of unbranched alkanes of at least 4 members (excludes halogenated alkanes) is 41. The van der Waals surface area contributed by atoms with Crippen LogP contribution in [0.3, 0.4) is 0 Å². The van der Waals surface area contributed by atoms with Crippen LogP contribution in [0.15, 0.2) is 0 Å². The molecule has 0 fully saturated rings. The van der Waals surface area contributed by atoms with Crippen molar-refractivity contribution in [3.63, 3.8) is 0 Å². The zero-order chi connectivity index (χ0) is 73.1. The summed E-state index contributed by atoms with van der Waals surface area (Å²) >= 11 is 0. The molecule has 0 aromatic carbocycles. The van der Waals surface area contributed by atoms with Gasteiger partial charge in [-0.25, -0.2) is 9.13 Å². The molecule has 17 nitrogen and oxygen atoms in total. The number of aliphatic hydroxyl groups is 1. The molecule has 0 aliphatic carbocycles. The van der Waals surface area contributed by atoms with Gasteiger partial charge in [0.25, 0.3) is 0 Å². The Morgan fingerprint density at radius 1 is 0.283 bits per heavy atom. The lowest BCUT2D eigenvalue weighted by Gasteiger charge is -2.21.